The van der Waals surface area contributed by atoms with Crippen LogP contribution in [-0.4, -0.2) is 13.2 Å². The molecule has 0 bridgehead atoms. The highest BCUT2D eigenvalue weighted by Gasteiger charge is 2.08. The summed E-state index contributed by atoms with van der Waals surface area (Å²) in [7, 11) is 1.46. The Morgan fingerprint density at radius 3 is 2.67 bits per heavy atom. The third-order valence-corrected chi connectivity index (χ3v) is 3.72. The van der Waals surface area contributed by atoms with Crippen LogP contribution in [0.1, 0.15) is 18.1 Å². The van der Waals surface area contributed by atoms with Crippen LogP contribution < -0.4 is 10.1 Å². The van der Waals surface area contributed by atoms with Gasteiger partial charge in [0.25, 0.3) is 0 Å². The molecule has 0 aliphatic carbocycles. The first-order valence-electron chi connectivity index (χ1n) is 6.89. The minimum atomic E-state index is -0.337. The third-order valence-electron chi connectivity index (χ3n) is 3.35. The number of rotatable bonds is 6. The van der Waals surface area contributed by atoms with Crippen molar-refractivity contribution >= 4 is 11.6 Å². The Balaban J connectivity index is 1.91. The van der Waals surface area contributed by atoms with Gasteiger partial charge in [0.05, 0.1) is 7.11 Å². The Morgan fingerprint density at radius 2 is 2.00 bits per heavy atom. The van der Waals surface area contributed by atoms with E-state index in [4.69, 9.17) is 16.3 Å². The van der Waals surface area contributed by atoms with Gasteiger partial charge in [0.2, 0.25) is 0 Å². The molecular formula is C17H19ClFNO. The minimum absolute atomic E-state index is 0.245. The summed E-state index contributed by atoms with van der Waals surface area (Å²) in [6.45, 7) is 2.69. The van der Waals surface area contributed by atoms with Crippen LogP contribution in [0.5, 0.6) is 5.75 Å². The number of nitrogens with one attached hydrogen (secondary N) is 1. The zero-order chi connectivity index (χ0) is 15.2. The van der Waals surface area contributed by atoms with Gasteiger partial charge >= 0.3 is 0 Å². The predicted molar refractivity (Wildman–Crippen MR) is 84.4 cm³/mol. The summed E-state index contributed by atoms with van der Waals surface area (Å²) >= 11 is 6.15. The Labute approximate surface area is 129 Å². The molecule has 1 atom stereocenters. The largest absolute Gasteiger partial charge is 0.494 e. The number of halogens is 2. The number of benzene rings is 2. The standard InChI is InChI=1S/C17H19ClFNO/c1-12(9-14-5-3-4-6-15(14)18)20-11-13-7-8-17(21-2)16(19)10-13/h3-8,10,12,20H,9,11H2,1-2H3. The van der Waals surface area contributed by atoms with Gasteiger partial charge < -0.3 is 10.1 Å². The molecule has 2 aromatic carbocycles. The number of hydrogen-bond acceptors (Lipinski definition) is 2. The van der Waals surface area contributed by atoms with Gasteiger partial charge in [0.1, 0.15) is 0 Å². The van der Waals surface area contributed by atoms with Crippen molar-refractivity contribution in [1.82, 2.24) is 5.32 Å². The molecule has 112 valence electrons. The zero-order valence-corrected chi connectivity index (χ0v) is 13.0. The number of hydrogen-bond donors (Lipinski definition) is 1. The second-order valence-corrected chi connectivity index (χ2v) is 5.45. The molecule has 0 aliphatic rings. The Bertz CT molecular complexity index is 603. The maximum Gasteiger partial charge on any atom is 0.165 e. The summed E-state index contributed by atoms with van der Waals surface area (Å²) in [4.78, 5) is 0. The monoisotopic (exact) mass is 307 g/mol. The smallest absolute Gasteiger partial charge is 0.165 e. The molecular weight excluding hydrogens is 289 g/mol. The number of ether oxygens (including phenoxy) is 1. The molecule has 0 saturated carbocycles. The van der Waals surface area contributed by atoms with Gasteiger partial charge in [-0.1, -0.05) is 35.9 Å². The summed E-state index contributed by atoms with van der Waals surface area (Å²) in [6.07, 6.45) is 0.832. The first-order chi connectivity index (χ1) is 10.1. The summed E-state index contributed by atoms with van der Waals surface area (Å²) in [5, 5.41) is 4.15. The summed E-state index contributed by atoms with van der Waals surface area (Å²) in [5.41, 5.74) is 2.00. The second-order valence-electron chi connectivity index (χ2n) is 5.05. The van der Waals surface area contributed by atoms with Crippen molar-refractivity contribution < 1.29 is 9.13 Å². The Kier molecular flexibility index (Phi) is 5.59. The lowest BCUT2D eigenvalue weighted by molar-refractivity contribution is 0.386. The van der Waals surface area contributed by atoms with Crippen molar-refractivity contribution in [2.75, 3.05) is 7.11 Å². The van der Waals surface area contributed by atoms with E-state index in [-0.39, 0.29) is 17.6 Å². The van der Waals surface area contributed by atoms with Gasteiger partial charge in [-0.2, -0.15) is 0 Å². The van der Waals surface area contributed by atoms with Crippen molar-refractivity contribution in [1.29, 1.82) is 0 Å². The first kappa shape index (κ1) is 15.8. The van der Waals surface area contributed by atoms with Gasteiger partial charge in [-0.3, -0.25) is 0 Å². The van der Waals surface area contributed by atoms with Crippen LogP contribution >= 0.6 is 11.6 Å². The van der Waals surface area contributed by atoms with E-state index in [2.05, 4.69) is 12.2 Å². The molecule has 0 aliphatic heterocycles. The molecule has 2 aromatic rings. The Hall–Kier alpha value is -1.58. The zero-order valence-electron chi connectivity index (χ0n) is 12.2. The maximum atomic E-state index is 13.6. The molecule has 0 fully saturated rings. The van der Waals surface area contributed by atoms with Crippen LogP contribution in [0.2, 0.25) is 5.02 Å². The fourth-order valence-electron chi connectivity index (χ4n) is 2.18. The molecule has 0 radical (unpaired) electrons. The predicted octanol–water partition coefficient (Wildman–Crippen LogP) is 4.21. The van der Waals surface area contributed by atoms with Crippen LogP contribution in [-0.2, 0) is 13.0 Å². The van der Waals surface area contributed by atoms with Crippen molar-refractivity contribution in [3.05, 3.63) is 64.4 Å². The van der Waals surface area contributed by atoms with E-state index < -0.39 is 0 Å². The van der Waals surface area contributed by atoms with E-state index in [9.17, 15) is 4.39 Å². The van der Waals surface area contributed by atoms with Crippen molar-refractivity contribution in [2.45, 2.75) is 25.9 Å². The summed E-state index contributed by atoms with van der Waals surface area (Å²) in [6, 6.07) is 13.1. The molecule has 1 unspecified atom stereocenters. The van der Waals surface area contributed by atoms with E-state index in [1.54, 1.807) is 6.07 Å². The lowest BCUT2D eigenvalue weighted by atomic mass is 10.1. The molecule has 0 saturated heterocycles. The highest BCUT2D eigenvalue weighted by atomic mass is 35.5. The van der Waals surface area contributed by atoms with Crippen LogP contribution in [0.3, 0.4) is 0 Å². The van der Waals surface area contributed by atoms with Gasteiger partial charge in [0.15, 0.2) is 11.6 Å². The van der Waals surface area contributed by atoms with E-state index >= 15 is 0 Å². The highest BCUT2D eigenvalue weighted by Crippen LogP contribution is 2.19. The van der Waals surface area contributed by atoms with Crippen LogP contribution in [0.25, 0.3) is 0 Å². The lowest BCUT2D eigenvalue weighted by Crippen LogP contribution is -2.27. The molecule has 0 spiro atoms. The average Bonchev–Trinajstić information content (AvgIpc) is 2.48. The van der Waals surface area contributed by atoms with Crippen LogP contribution in [0, 0.1) is 5.82 Å². The second kappa shape index (κ2) is 7.43. The molecule has 0 heterocycles. The van der Waals surface area contributed by atoms with Crippen molar-refractivity contribution in [2.24, 2.45) is 0 Å². The molecule has 2 nitrogen and oxygen atoms in total. The Morgan fingerprint density at radius 1 is 1.24 bits per heavy atom. The van der Waals surface area contributed by atoms with Gasteiger partial charge in [-0.15, -0.1) is 0 Å². The molecule has 2 rings (SSSR count). The normalized spacial score (nSPS) is 12.2. The number of methoxy groups -OCH3 is 1. The topological polar surface area (TPSA) is 21.3 Å². The van der Waals surface area contributed by atoms with Gasteiger partial charge in [-0.05, 0) is 42.7 Å². The summed E-state index contributed by atoms with van der Waals surface area (Å²) < 4.78 is 18.5. The highest BCUT2D eigenvalue weighted by molar-refractivity contribution is 6.31. The van der Waals surface area contributed by atoms with Crippen LogP contribution in [0.15, 0.2) is 42.5 Å². The fraction of sp³-hybridized carbons (Fsp3) is 0.294. The molecule has 21 heavy (non-hydrogen) atoms. The molecule has 4 heteroatoms. The van der Waals surface area contributed by atoms with Gasteiger partial charge in [0, 0.05) is 17.6 Å². The van der Waals surface area contributed by atoms with E-state index in [0.717, 1.165) is 22.6 Å². The molecule has 0 amide bonds. The lowest BCUT2D eigenvalue weighted by Gasteiger charge is -2.15. The quantitative estimate of drug-likeness (QED) is 0.863. The van der Waals surface area contributed by atoms with Crippen LogP contribution in [0.4, 0.5) is 4.39 Å². The third kappa shape index (κ3) is 4.45. The van der Waals surface area contributed by atoms with Crippen molar-refractivity contribution in [3.63, 3.8) is 0 Å². The van der Waals surface area contributed by atoms with Crippen molar-refractivity contribution in [3.8, 4) is 5.75 Å². The minimum Gasteiger partial charge on any atom is -0.494 e. The van der Waals surface area contributed by atoms with E-state index in [0.29, 0.717) is 6.54 Å². The van der Waals surface area contributed by atoms with E-state index in [1.165, 1.54) is 13.2 Å². The SMILES string of the molecule is COc1ccc(CNC(C)Cc2ccccc2Cl)cc1F. The maximum absolute atomic E-state index is 13.6. The first-order valence-corrected chi connectivity index (χ1v) is 7.27. The molecule has 0 aromatic heterocycles. The van der Waals surface area contributed by atoms with Gasteiger partial charge in [-0.25, -0.2) is 4.39 Å². The fourth-order valence-corrected chi connectivity index (χ4v) is 2.39. The molecule has 1 N–H and O–H groups in total. The summed E-state index contributed by atoms with van der Waals surface area (Å²) in [5.74, 6) is -0.0709. The van der Waals surface area contributed by atoms with E-state index in [1.807, 2.05) is 30.3 Å². The average molecular weight is 308 g/mol.